The second-order valence-corrected chi connectivity index (χ2v) is 7.51. The lowest BCUT2D eigenvalue weighted by molar-refractivity contribution is -0.151. The Hall–Kier alpha value is -2.83. The van der Waals surface area contributed by atoms with E-state index in [9.17, 15) is 19.5 Å². The summed E-state index contributed by atoms with van der Waals surface area (Å²) in [6, 6.07) is 3.29. The second kappa shape index (κ2) is 8.68. The minimum atomic E-state index is -0.487. The van der Waals surface area contributed by atoms with Crippen LogP contribution in [0.3, 0.4) is 0 Å². The fourth-order valence-corrected chi connectivity index (χ4v) is 3.91. The minimum Gasteiger partial charge on any atom is -0.508 e. The highest BCUT2D eigenvalue weighted by molar-refractivity contribution is 5.85. The molecule has 1 aromatic heterocycles. The van der Waals surface area contributed by atoms with Gasteiger partial charge in [0.15, 0.2) is 0 Å². The van der Waals surface area contributed by atoms with Gasteiger partial charge in [0.1, 0.15) is 11.3 Å². The molecule has 29 heavy (non-hydrogen) atoms. The first-order valence-corrected chi connectivity index (χ1v) is 10.0. The Morgan fingerprint density at radius 2 is 2.03 bits per heavy atom. The number of hydrogen-bond acceptors (Lipinski definition) is 6. The average molecular weight is 401 g/mol. The van der Waals surface area contributed by atoms with Gasteiger partial charge in [0, 0.05) is 36.0 Å². The number of carbonyl (C=O) groups is 2. The van der Waals surface area contributed by atoms with E-state index in [2.05, 4.69) is 0 Å². The molecular formula is C22H27NO6. The summed E-state index contributed by atoms with van der Waals surface area (Å²) in [5.41, 5.74) is 1.63. The van der Waals surface area contributed by atoms with Gasteiger partial charge in [-0.3, -0.25) is 9.59 Å². The molecule has 1 N–H and O–H groups in total. The molecule has 0 spiro atoms. The number of carbonyl (C=O) groups excluding carboxylic acids is 2. The second-order valence-electron chi connectivity index (χ2n) is 7.51. The largest absolute Gasteiger partial charge is 0.508 e. The van der Waals surface area contributed by atoms with Crippen molar-refractivity contribution >= 4 is 22.8 Å². The lowest BCUT2D eigenvalue weighted by atomic mass is 9.97. The Morgan fingerprint density at radius 3 is 2.76 bits per heavy atom. The van der Waals surface area contributed by atoms with E-state index in [1.54, 1.807) is 30.9 Å². The molecule has 0 aliphatic carbocycles. The zero-order valence-electron chi connectivity index (χ0n) is 17.1. The summed E-state index contributed by atoms with van der Waals surface area (Å²) < 4.78 is 10.5. The van der Waals surface area contributed by atoms with Crippen LogP contribution in [0.1, 0.15) is 42.9 Å². The van der Waals surface area contributed by atoms with Gasteiger partial charge in [-0.05, 0) is 57.7 Å². The lowest BCUT2D eigenvalue weighted by Gasteiger charge is -2.31. The number of esters is 1. The van der Waals surface area contributed by atoms with Gasteiger partial charge < -0.3 is 19.2 Å². The number of aryl methyl sites for hydroxylation is 2. The van der Waals surface area contributed by atoms with Crippen LogP contribution < -0.4 is 5.63 Å². The average Bonchev–Trinajstić information content (AvgIpc) is 2.71. The van der Waals surface area contributed by atoms with Crippen LogP contribution in [0.4, 0.5) is 0 Å². The van der Waals surface area contributed by atoms with E-state index in [1.165, 1.54) is 0 Å². The van der Waals surface area contributed by atoms with Crippen LogP contribution in [0.15, 0.2) is 21.3 Å². The van der Waals surface area contributed by atoms with Gasteiger partial charge in [-0.25, -0.2) is 4.79 Å². The molecule has 1 aliphatic heterocycles. The highest BCUT2D eigenvalue weighted by Gasteiger charge is 2.29. The van der Waals surface area contributed by atoms with Crippen LogP contribution in [0.2, 0.25) is 0 Å². The SMILES string of the molecule is CCOC(=O)C1CCCN(C(=O)CCc2c(C)c3ccc(O)c(C)c3oc2=O)C1. The van der Waals surface area contributed by atoms with Gasteiger partial charge >= 0.3 is 11.6 Å². The number of phenolic OH excluding ortho intramolecular Hbond substituents is 1. The molecule has 3 rings (SSSR count). The molecule has 2 aromatic rings. The monoisotopic (exact) mass is 401 g/mol. The smallest absolute Gasteiger partial charge is 0.339 e. The Morgan fingerprint density at radius 1 is 1.28 bits per heavy atom. The summed E-state index contributed by atoms with van der Waals surface area (Å²) in [4.78, 5) is 38.8. The molecule has 0 bridgehead atoms. The molecule has 1 atom stereocenters. The molecular weight excluding hydrogens is 374 g/mol. The molecule has 2 heterocycles. The summed E-state index contributed by atoms with van der Waals surface area (Å²) in [7, 11) is 0. The molecule has 0 radical (unpaired) electrons. The summed E-state index contributed by atoms with van der Waals surface area (Å²) in [5, 5.41) is 10.6. The zero-order valence-corrected chi connectivity index (χ0v) is 17.1. The van der Waals surface area contributed by atoms with E-state index in [-0.39, 0.29) is 36.4 Å². The minimum absolute atomic E-state index is 0.0734. The third kappa shape index (κ3) is 4.28. The van der Waals surface area contributed by atoms with Crippen molar-refractivity contribution in [3.63, 3.8) is 0 Å². The molecule has 0 saturated carbocycles. The van der Waals surface area contributed by atoms with Crippen LogP contribution in [0.25, 0.3) is 11.0 Å². The maximum Gasteiger partial charge on any atom is 0.339 e. The molecule has 1 unspecified atom stereocenters. The van der Waals surface area contributed by atoms with E-state index in [1.807, 2.05) is 6.92 Å². The number of fused-ring (bicyclic) bond motifs is 1. The van der Waals surface area contributed by atoms with Gasteiger partial charge in [0.25, 0.3) is 0 Å². The summed E-state index contributed by atoms with van der Waals surface area (Å²) in [6.07, 6.45) is 1.92. The van der Waals surface area contributed by atoms with Gasteiger partial charge in [-0.2, -0.15) is 0 Å². The number of amides is 1. The third-order valence-corrected chi connectivity index (χ3v) is 5.66. The van der Waals surface area contributed by atoms with Gasteiger partial charge in [-0.15, -0.1) is 0 Å². The fourth-order valence-electron chi connectivity index (χ4n) is 3.91. The van der Waals surface area contributed by atoms with Gasteiger partial charge in [-0.1, -0.05) is 0 Å². The first kappa shape index (κ1) is 20.9. The summed E-state index contributed by atoms with van der Waals surface area (Å²) >= 11 is 0. The van der Waals surface area contributed by atoms with Crippen LogP contribution >= 0.6 is 0 Å². The quantitative estimate of drug-likeness (QED) is 0.611. The Balaban J connectivity index is 1.73. The molecule has 1 aromatic carbocycles. The number of nitrogens with zero attached hydrogens (tertiary/aromatic N) is 1. The molecule has 7 nitrogen and oxygen atoms in total. The van der Waals surface area contributed by atoms with Gasteiger partial charge in [0.05, 0.1) is 12.5 Å². The maximum atomic E-state index is 12.7. The van der Waals surface area contributed by atoms with Crippen molar-refractivity contribution in [1.29, 1.82) is 0 Å². The number of likely N-dealkylation sites (tertiary alicyclic amines) is 1. The van der Waals surface area contributed by atoms with Crippen molar-refractivity contribution in [2.45, 2.75) is 46.5 Å². The van der Waals surface area contributed by atoms with Crippen molar-refractivity contribution < 1.29 is 23.8 Å². The maximum absolute atomic E-state index is 12.7. The topological polar surface area (TPSA) is 97.1 Å². The van der Waals surface area contributed by atoms with Crippen molar-refractivity contribution in [2.24, 2.45) is 5.92 Å². The first-order valence-electron chi connectivity index (χ1n) is 10.0. The van der Waals surface area contributed by atoms with Crippen LogP contribution in [0, 0.1) is 19.8 Å². The van der Waals surface area contributed by atoms with E-state index in [0.717, 1.165) is 23.8 Å². The number of hydrogen-bond donors (Lipinski definition) is 1. The normalized spacial score (nSPS) is 16.8. The Kier molecular flexibility index (Phi) is 6.25. The van der Waals surface area contributed by atoms with Crippen molar-refractivity contribution in [2.75, 3.05) is 19.7 Å². The predicted molar refractivity (Wildman–Crippen MR) is 108 cm³/mol. The van der Waals surface area contributed by atoms with Gasteiger partial charge in [0.2, 0.25) is 5.91 Å². The fraction of sp³-hybridized carbons (Fsp3) is 0.500. The zero-order chi connectivity index (χ0) is 21.1. The van der Waals surface area contributed by atoms with E-state index in [4.69, 9.17) is 9.15 Å². The molecule has 1 amide bonds. The number of phenols is 1. The van der Waals surface area contributed by atoms with Crippen molar-refractivity contribution in [1.82, 2.24) is 4.90 Å². The molecule has 156 valence electrons. The number of piperidine rings is 1. The highest BCUT2D eigenvalue weighted by Crippen LogP contribution is 2.29. The van der Waals surface area contributed by atoms with Crippen molar-refractivity contribution in [3.05, 3.63) is 39.2 Å². The highest BCUT2D eigenvalue weighted by atomic mass is 16.5. The summed E-state index contributed by atoms with van der Waals surface area (Å²) in [6.45, 7) is 6.59. The van der Waals surface area contributed by atoms with E-state index in [0.29, 0.717) is 36.4 Å². The molecule has 1 aliphatic rings. The molecule has 7 heteroatoms. The number of ether oxygens (including phenoxy) is 1. The number of rotatable bonds is 5. The van der Waals surface area contributed by atoms with Crippen molar-refractivity contribution in [3.8, 4) is 5.75 Å². The van der Waals surface area contributed by atoms with E-state index < -0.39 is 5.63 Å². The number of benzene rings is 1. The summed E-state index contributed by atoms with van der Waals surface area (Å²) in [5.74, 6) is -0.547. The van der Waals surface area contributed by atoms with Crippen LogP contribution in [-0.4, -0.2) is 41.6 Å². The molecule has 1 saturated heterocycles. The predicted octanol–water partition coefficient (Wildman–Crippen LogP) is 2.85. The van der Waals surface area contributed by atoms with E-state index >= 15 is 0 Å². The third-order valence-electron chi connectivity index (χ3n) is 5.66. The number of aromatic hydroxyl groups is 1. The molecule has 1 fully saturated rings. The lowest BCUT2D eigenvalue weighted by Crippen LogP contribution is -2.43. The first-order chi connectivity index (χ1) is 13.8. The van der Waals surface area contributed by atoms with Crippen LogP contribution in [0.5, 0.6) is 5.75 Å². The Labute approximate surface area is 169 Å². The standard InChI is InChI=1S/C22H27NO6/c1-4-28-21(26)15-6-5-11-23(12-15)19(25)10-8-17-13(2)16-7-9-18(24)14(3)20(16)29-22(17)27/h7,9,15,24H,4-6,8,10-12H2,1-3H3. The van der Waals surface area contributed by atoms with Crippen LogP contribution in [-0.2, 0) is 20.7 Å². The Bertz CT molecular complexity index is 993.